The van der Waals surface area contributed by atoms with Gasteiger partial charge < -0.3 is 20.3 Å². The first-order valence-corrected chi connectivity index (χ1v) is 9.31. The number of piperidine rings is 1. The Kier molecular flexibility index (Phi) is 6.41. The number of hydrogen-bond acceptors (Lipinski definition) is 6. The minimum Gasteiger partial charge on any atom is -0.495 e. The van der Waals surface area contributed by atoms with E-state index in [1.54, 1.807) is 30.7 Å². The number of anilines is 2. The summed E-state index contributed by atoms with van der Waals surface area (Å²) in [5, 5.41) is 5.36. The first kappa shape index (κ1) is 19.6. The third kappa shape index (κ3) is 4.97. The smallest absolute Gasteiger partial charge is 0.313 e. The molecule has 0 radical (unpaired) electrons. The standard InChI is InChI=1S/C20H25N5O3/c1-14-3-4-17(28-2)16(11-14)24-20(27)19(26)23-12-15-5-9-25(10-6-15)18-13-21-7-8-22-18/h3-4,7-8,11,13,15H,5-6,9-10,12H2,1-2H3,(H,23,26)(H,24,27). The summed E-state index contributed by atoms with van der Waals surface area (Å²) < 4.78 is 5.22. The summed E-state index contributed by atoms with van der Waals surface area (Å²) in [5.74, 6) is 0.388. The quantitative estimate of drug-likeness (QED) is 0.764. The van der Waals surface area contributed by atoms with Crippen LogP contribution in [0, 0.1) is 12.8 Å². The van der Waals surface area contributed by atoms with E-state index >= 15 is 0 Å². The van der Waals surface area contributed by atoms with Crippen LogP contribution in [0.1, 0.15) is 18.4 Å². The Balaban J connectivity index is 1.46. The summed E-state index contributed by atoms with van der Waals surface area (Å²) in [4.78, 5) is 35.0. The molecule has 0 atom stereocenters. The van der Waals surface area contributed by atoms with E-state index in [4.69, 9.17) is 4.74 Å². The topological polar surface area (TPSA) is 96.4 Å². The maximum atomic E-state index is 12.2. The number of nitrogens with one attached hydrogen (secondary N) is 2. The number of aryl methyl sites for hydroxylation is 1. The van der Waals surface area contributed by atoms with Gasteiger partial charge in [-0.15, -0.1) is 0 Å². The molecule has 1 aromatic heterocycles. The van der Waals surface area contributed by atoms with Gasteiger partial charge in [-0.25, -0.2) is 4.98 Å². The number of methoxy groups -OCH3 is 1. The van der Waals surface area contributed by atoms with Crippen molar-refractivity contribution in [3.8, 4) is 5.75 Å². The van der Waals surface area contributed by atoms with Crippen LogP contribution in [0.4, 0.5) is 11.5 Å². The largest absolute Gasteiger partial charge is 0.495 e. The maximum absolute atomic E-state index is 12.2. The number of nitrogens with zero attached hydrogens (tertiary/aromatic N) is 3. The van der Waals surface area contributed by atoms with Gasteiger partial charge in [-0.1, -0.05) is 6.07 Å². The van der Waals surface area contributed by atoms with Crippen LogP contribution in [0.2, 0.25) is 0 Å². The zero-order valence-electron chi connectivity index (χ0n) is 16.1. The number of hydrogen-bond donors (Lipinski definition) is 2. The molecule has 3 rings (SSSR count). The summed E-state index contributed by atoms with van der Waals surface area (Å²) in [6, 6.07) is 5.40. The number of aromatic nitrogens is 2. The van der Waals surface area contributed by atoms with E-state index in [1.165, 1.54) is 7.11 Å². The van der Waals surface area contributed by atoms with Gasteiger partial charge in [-0.2, -0.15) is 0 Å². The van der Waals surface area contributed by atoms with Crippen LogP contribution in [0.15, 0.2) is 36.8 Å². The molecule has 1 fully saturated rings. The number of ether oxygens (including phenoxy) is 1. The molecule has 2 aromatic rings. The van der Waals surface area contributed by atoms with Crippen molar-refractivity contribution >= 4 is 23.3 Å². The molecule has 0 aliphatic carbocycles. The summed E-state index contributed by atoms with van der Waals surface area (Å²) >= 11 is 0. The molecule has 1 aliphatic rings. The highest BCUT2D eigenvalue weighted by Crippen LogP contribution is 2.25. The van der Waals surface area contributed by atoms with E-state index in [-0.39, 0.29) is 0 Å². The molecule has 2 amide bonds. The molecule has 8 nitrogen and oxygen atoms in total. The van der Waals surface area contributed by atoms with Crippen molar-refractivity contribution < 1.29 is 14.3 Å². The molecule has 2 heterocycles. The SMILES string of the molecule is COc1ccc(C)cc1NC(=O)C(=O)NCC1CCN(c2cnccn2)CC1. The summed E-state index contributed by atoms with van der Waals surface area (Å²) in [5.41, 5.74) is 1.45. The molecule has 148 valence electrons. The molecular weight excluding hydrogens is 358 g/mol. The summed E-state index contributed by atoms with van der Waals surface area (Å²) in [6.45, 7) is 4.09. The first-order valence-electron chi connectivity index (χ1n) is 9.31. The predicted molar refractivity (Wildman–Crippen MR) is 106 cm³/mol. The minimum atomic E-state index is -0.694. The number of carbonyl (C=O) groups is 2. The molecule has 1 aliphatic heterocycles. The highest BCUT2D eigenvalue weighted by atomic mass is 16.5. The Morgan fingerprint density at radius 3 is 2.68 bits per heavy atom. The normalized spacial score (nSPS) is 14.4. The number of amides is 2. The Labute approximate surface area is 164 Å². The van der Waals surface area contributed by atoms with Crippen LogP contribution in [0.3, 0.4) is 0 Å². The Morgan fingerprint density at radius 2 is 2.00 bits per heavy atom. The molecule has 0 bridgehead atoms. The van der Waals surface area contributed by atoms with Crippen molar-refractivity contribution in [3.63, 3.8) is 0 Å². The van der Waals surface area contributed by atoms with Gasteiger partial charge >= 0.3 is 11.8 Å². The van der Waals surface area contributed by atoms with Crippen LogP contribution >= 0.6 is 0 Å². The molecule has 2 N–H and O–H groups in total. The minimum absolute atomic E-state index is 0.332. The lowest BCUT2D eigenvalue weighted by molar-refractivity contribution is -0.136. The van der Waals surface area contributed by atoms with Crippen molar-refractivity contribution in [2.24, 2.45) is 5.92 Å². The van der Waals surface area contributed by atoms with E-state index in [1.807, 2.05) is 13.0 Å². The van der Waals surface area contributed by atoms with E-state index in [9.17, 15) is 9.59 Å². The monoisotopic (exact) mass is 383 g/mol. The lowest BCUT2D eigenvalue weighted by atomic mass is 9.97. The van der Waals surface area contributed by atoms with Gasteiger partial charge in [0.15, 0.2) is 0 Å². The molecule has 0 unspecified atom stereocenters. The molecule has 28 heavy (non-hydrogen) atoms. The molecule has 0 saturated carbocycles. The van der Waals surface area contributed by atoms with E-state index in [0.29, 0.717) is 23.9 Å². The van der Waals surface area contributed by atoms with Crippen molar-refractivity contribution in [2.75, 3.05) is 37.0 Å². The van der Waals surface area contributed by atoms with Gasteiger partial charge in [0.05, 0.1) is 19.0 Å². The second-order valence-electron chi connectivity index (χ2n) is 6.86. The lowest BCUT2D eigenvalue weighted by Gasteiger charge is -2.32. The fourth-order valence-electron chi connectivity index (χ4n) is 3.24. The zero-order chi connectivity index (χ0) is 19.9. The highest BCUT2D eigenvalue weighted by Gasteiger charge is 2.22. The predicted octanol–water partition coefficient (Wildman–Crippen LogP) is 1.76. The van der Waals surface area contributed by atoms with E-state index in [2.05, 4.69) is 25.5 Å². The van der Waals surface area contributed by atoms with Crippen molar-refractivity contribution in [1.29, 1.82) is 0 Å². The van der Waals surface area contributed by atoms with Crippen LogP contribution in [-0.4, -0.2) is 48.5 Å². The molecule has 8 heteroatoms. The summed E-state index contributed by atoms with van der Waals surface area (Å²) in [6.07, 6.45) is 6.94. The molecule has 1 saturated heterocycles. The van der Waals surface area contributed by atoms with Gasteiger partial charge in [0, 0.05) is 32.0 Å². The van der Waals surface area contributed by atoms with Crippen molar-refractivity contribution in [1.82, 2.24) is 15.3 Å². The second-order valence-corrected chi connectivity index (χ2v) is 6.86. The first-order chi connectivity index (χ1) is 13.6. The molecule has 1 aromatic carbocycles. The van der Waals surface area contributed by atoms with Crippen LogP contribution in [0.5, 0.6) is 5.75 Å². The van der Waals surface area contributed by atoms with Gasteiger partial charge in [0.1, 0.15) is 11.6 Å². The molecule has 0 spiro atoms. The number of benzene rings is 1. The van der Waals surface area contributed by atoms with Gasteiger partial charge in [-0.05, 0) is 43.4 Å². The van der Waals surface area contributed by atoms with Gasteiger partial charge in [-0.3, -0.25) is 14.6 Å². The average molecular weight is 383 g/mol. The van der Waals surface area contributed by atoms with Gasteiger partial charge in [0.25, 0.3) is 0 Å². The number of carbonyl (C=O) groups excluding carboxylic acids is 2. The highest BCUT2D eigenvalue weighted by molar-refractivity contribution is 6.39. The third-order valence-electron chi connectivity index (χ3n) is 4.85. The van der Waals surface area contributed by atoms with Crippen LogP contribution in [-0.2, 0) is 9.59 Å². The van der Waals surface area contributed by atoms with E-state index in [0.717, 1.165) is 37.3 Å². The van der Waals surface area contributed by atoms with Crippen molar-refractivity contribution in [2.45, 2.75) is 19.8 Å². The Bertz CT molecular complexity index is 820. The molecular formula is C20H25N5O3. The van der Waals surface area contributed by atoms with Gasteiger partial charge in [0.2, 0.25) is 0 Å². The lowest BCUT2D eigenvalue weighted by Crippen LogP contribution is -2.42. The average Bonchev–Trinajstić information content (AvgIpc) is 2.73. The van der Waals surface area contributed by atoms with E-state index < -0.39 is 11.8 Å². The maximum Gasteiger partial charge on any atom is 0.313 e. The van der Waals surface area contributed by atoms with Crippen molar-refractivity contribution in [3.05, 3.63) is 42.4 Å². The number of rotatable bonds is 5. The fraction of sp³-hybridized carbons (Fsp3) is 0.400. The Morgan fingerprint density at radius 1 is 1.21 bits per heavy atom. The second kappa shape index (κ2) is 9.16. The Hall–Kier alpha value is -3.16. The van der Waals surface area contributed by atoms with Crippen LogP contribution in [0.25, 0.3) is 0 Å². The zero-order valence-corrected chi connectivity index (χ0v) is 16.1. The third-order valence-corrected chi connectivity index (χ3v) is 4.85. The fourth-order valence-corrected chi connectivity index (χ4v) is 3.24. The summed E-state index contributed by atoms with van der Waals surface area (Å²) in [7, 11) is 1.52. The van der Waals surface area contributed by atoms with Crippen LogP contribution < -0.4 is 20.3 Å².